The van der Waals surface area contributed by atoms with E-state index in [4.69, 9.17) is 0 Å². The number of fused-ring (bicyclic) bond motifs is 1. The Hall–Kier alpha value is -4.00. The summed E-state index contributed by atoms with van der Waals surface area (Å²) in [5, 5.41) is 11.4. The highest BCUT2D eigenvalue weighted by atomic mass is 16.2. The van der Waals surface area contributed by atoms with Crippen LogP contribution in [0.1, 0.15) is 37.4 Å². The third-order valence-corrected chi connectivity index (χ3v) is 5.93. The Bertz CT molecular complexity index is 1280. The zero-order valence-corrected chi connectivity index (χ0v) is 20.4. The van der Waals surface area contributed by atoms with Gasteiger partial charge in [0.05, 0.1) is 5.52 Å². The summed E-state index contributed by atoms with van der Waals surface area (Å²) in [5.41, 5.74) is 3.96. The minimum absolute atomic E-state index is 0.0446. The number of nitrogens with zero attached hydrogens (tertiary/aromatic N) is 4. The second-order valence-corrected chi connectivity index (χ2v) is 9.12. The molecule has 1 atom stereocenters. The van der Waals surface area contributed by atoms with Gasteiger partial charge in [0, 0.05) is 12.2 Å². The van der Waals surface area contributed by atoms with Crippen molar-refractivity contribution in [3.63, 3.8) is 0 Å². The molecule has 35 heavy (non-hydrogen) atoms. The summed E-state index contributed by atoms with van der Waals surface area (Å²) in [6, 6.07) is 23.7. The first kappa shape index (κ1) is 24.1. The van der Waals surface area contributed by atoms with Gasteiger partial charge in [-0.1, -0.05) is 79.2 Å². The van der Waals surface area contributed by atoms with Gasteiger partial charge in [-0.25, -0.2) is 4.68 Å². The molecule has 0 bridgehead atoms. The van der Waals surface area contributed by atoms with Gasteiger partial charge in [-0.15, -0.1) is 5.10 Å². The van der Waals surface area contributed by atoms with Crippen LogP contribution in [0.4, 0.5) is 5.69 Å². The summed E-state index contributed by atoms with van der Waals surface area (Å²) in [6.45, 7) is 6.73. The van der Waals surface area contributed by atoms with Crippen LogP contribution in [-0.4, -0.2) is 33.4 Å². The highest BCUT2D eigenvalue weighted by Gasteiger charge is 2.33. The fraction of sp³-hybridized carbons (Fsp3) is 0.286. The number of rotatable bonds is 9. The maximum absolute atomic E-state index is 13.9. The zero-order valence-electron chi connectivity index (χ0n) is 20.4. The van der Waals surface area contributed by atoms with Crippen LogP contribution in [0.5, 0.6) is 0 Å². The lowest BCUT2D eigenvalue weighted by Crippen LogP contribution is -2.45. The van der Waals surface area contributed by atoms with Gasteiger partial charge < -0.3 is 5.32 Å². The number of hydrogen-bond donors (Lipinski definition) is 1. The normalized spacial score (nSPS) is 12.0. The molecule has 0 aliphatic rings. The minimum atomic E-state index is -0.826. The minimum Gasteiger partial charge on any atom is -0.354 e. The van der Waals surface area contributed by atoms with Gasteiger partial charge in [0.1, 0.15) is 18.1 Å². The van der Waals surface area contributed by atoms with Crippen molar-refractivity contribution in [2.45, 2.75) is 39.8 Å². The quantitative estimate of drug-likeness (QED) is 0.386. The molecule has 7 heteroatoms. The second-order valence-electron chi connectivity index (χ2n) is 9.12. The maximum Gasteiger partial charge on any atom is 0.249 e. The van der Waals surface area contributed by atoms with Crippen LogP contribution in [0.15, 0.2) is 78.9 Å². The molecule has 180 valence electrons. The number of aryl methyl sites for hydroxylation is 1. The molecule has 3 aromatic carbocycles. The number of anilines is 1. The van der Waals surface area contributed by atoms with E-state index in [0.717, 1.165) is 23.1 Å². The SMILES string of the molecule is Cc1ccc([C@H](C(=O)NCCC(C)C)N(C(=O)Cn2nnc3ccccc32)c2ccccc2)cc1. The maximum atomic E-state index is 13.9. The summed E-state index contributed by atoms with van der Waals surface area (Å²) in [5.74, 6) is -0.00725. The van der Waals surface area contributed by atoms with Crippen LogP contribution in [0.25, 0.3) is 11.0 Å². The molecular weight excluding hydrogens is 438 g/mol. The van der Waals surface area contributed by atoms with Gasteiger partial charge in [0.25, 0.3) is 0 Å². The topological polar surface area (TPSA) is 80.1 Å². The molecule has 0 aliphatic heterocycles. The average Bonchev–Trinajstić information content (AvgIpc) is 3.26. The number of para-hydroxylation sites is 2. The standard InChI is InChI=1S/C28H31N5O2/c1-20(2)17-18-29-28(35)27(22-15-13-21(3)14-16-22)33(23-9-5-4-6-10-23)26(34)19-32-25-12-8-7-11-24(25)30-31-32/h4-16,20,27H,17-19H2,1-3H3,(H,29,35)/t27-/m1/s1. The monoisotopic (exact) mass is 469 g/mol. The number of hydrogen-bond acceptors (Lipinski definition) is 4. The van der Waals surface area contributed by atoms with Crippen molar-refractivity contribution >= 4 is 28.5 Å². The van der Waals surface area contributed by atoms with E-state index in [2.05, 4.69) is 29.5 Å². The lowest BCUT2D eigenvalue weighted by Gasteiger charge is -2.31. The Labute approximate surface area is 205 Å². The summed E-state index contributed by atoms with van der Waals surface area (Å²) < 4.78 is 1.58. The third-order valence-electron chi connectivity index (χ3n) is 5.93. The Balaban J connectivity index is 1.73. The zero-order chi connectivity index (χ0) is 24.8. The van der Waals surface area contributed by atoms with Gasteiger partial charge in [0.15, 0.2) is 0 Å². The Morgan fingerprint density at radius 2 is 1.63 bits per heavy atom. The van der Waals surface area contributed by atoms with Crippen LogP contribution in [0.2, 0.25) is 0 Å². The predicted molar refractivity (Wildman–Crippen MR) is 138 cm³/mol. The lowest BCUT2D eigenvalue weighted by molar-refractivity contribution is -0.127. The fourth-order valence-electron chi connectivity index (χ4n) is 4.01. The van der Waals surface area contributed by atoms with Gasteiger partial charge in [0.2, 0.25) is 11.8 Å². The smallest absolute Gasteiger partial charge is 0.249 e. The molecule has 0 saturated heterocycles. The number of amides is 2. The van der Waals surface area contributed by atoms with Gasteiger partial charge in [-0.05, 0) is 49.1 Å². The Morgan fingerprint density at radius 3 is 2.34 bits per heavy atom. The van der Waals surface area contributed by atoms with E-state index in [0.29, 0.717) is 23.7 Å². The summed E-state index contributed by atoms with van der Waals surface area (Å²) in [7, 11) is 0. The van der Waals surface area contributed by atoms with Crippen molar-refractivity contribution in [2.75, 3.05) is 11.4 Å². The molecule has 1 aromatic heterocycles. The second kappa shape index (κ2) is 11.0. The molecule has 4 aromatic rings. The molecule has 0 radical (unpaired) electrons. The van der Waals surface area contributed by atoms with Crippen molar-refractivity contribution in [3.05, 3.63) is 90.0 Å². The largest absolute Gasteiger partial charge is 0.354 e. The molecule has 0 fully saturated rings. The first-order valence-corrected chi connectivity index (χ1v) is 11.9. The van der Waals surface area contributed by atoms with Crippen molar-refractivity contribution in [2.24, 2.45) is 5.92 Å². The van der Waals surface area contributed by atoms with Crippen molar-refractivity contribution < 1.29 is 9.59 Å². The number of aromatic nitrogens is 3. The molecule has 1 heterocycles. The summed E-state index contributed by atoms with van der Waals surface area (Å²) in [4.78, 5) is 29.1. The Kier molecular flexibility index (Phi) is 7.55. The number of benzene rings is 3. The highest BCUT2D eigenvalue weighted by Crippen LogP contribution is 2.29. The lowest BCUT2D eigenvalue weighted by atomic mass is 10.0. The van der Waals surface area contributed by atoms with Crippen molar-refractivity contribution in [3.8, 4) is 0 Å². The first-order valence-electron chi connectivity index (χ1n) is 11.9. The van der Waals surface area contributed by atoms with Gasteiger partial charge in [-0.2, -0.15) is 0 Å². The molecule has 1 N–H and O–H groups in total. The number of carbonyl (C=O) groups excluding carboxylic acids is 2. The fourth-order valence-corrected chi connectivity index (χ4v) is 4.01. The van der Waals surface area contributed by atoms with E-state index < -0.39 is 6.04 Å². The van der Waals surface area contributed by atoms with E-state index in [1.165, 1.54) is 0 Å². The summed E-state index contributed by atoms with van der Waals surface area (Å²) >= 11 is 0. The van der Waals surface area contributed by atoms with E-state index >= 15 is 0 Å². The highest BCUT2D eigenvalue weighted by molar-refractivity contribution is 6.01. The van der Waals surface area contributed by atoms with Crippen LogP contribution >= 0.6 is 0 Å². The molecule has 7 nitrogen and oxygen atoms in total. The van der Waals surface area contributed by atoms with Crippen molar-refractivity contribution in [1.82, 2.24) is 20.3 Å². The molecule has 0 spiro atoms. The average molecular weight is 470 g/mol. The van der Waals surface area contributed by atoms with Crippen LogP contribution < -0.4 is 10.2 Å². The van der Waals surface area contributed by atoms with Crippen LogP contribution in [0.3, 0.4) is 0 Å². The van der Waals surface area contributed by atoms with Crippen LogP contribution in [0, 0.1) is 12.8 Å². The van der Waals surface area contributed by atoms with E-state index in [-0.39, 0.29) is 18.4 Å². The van der Waals surface area contributed by atoms with E-state index in [1.807, 2.05) is 85.8 Å². The molecule has 0 unspecified atom stereocenters. The summed E-state index contributed by atoms with van der Waals surface area (Å²) in [6.07, 6.45) is 0.858. The Morgan fingerprint density at radius 1 is 0.943 bits per heavy atom. The first-order chi connectivity index (χ1) is 16.9. The van der Waals surface area contributed by atoms with Gasteiger partial charge in [-0.3, -0.25) is 14.5 Å². The van der Waals surface area contributed by atoms with Gasteiger partial charge >= 0.3 is 0 Å². The van der Waals surface area contributed by atoms with E-state index in [9.17, 15) is 9.59 Å². The van der Waals surface area contributed by atoms with Crippen LogP contribution in [-0.2, 0) is 16.1 Å². The third kappa shape index (κ3) is 5.74. The predicted octanol–water partition coefficient (Wildman–Crippen LogP) is 4.68. The molecule has 0 saturated carbocycles. The number of carbonyl (C=O) groups is 2. The van der Waals surface area contributed by atoms with Crippen molar-refractivity contribution in [1.29, 1.82) is 0 Å². The molecular formula is C28H31N5O2. The number of nitrogens with one attached hydrogen (secondary N) is 1. The van der Waals surface area contributed by atoms with E-state index in [1.54, 1.807) is 9.58 Å². The molecule has 0 aliphatic carbocycles. The molecule has 4 rings (SSSR count). The molecule has 2 amide bonds.